The van der Waals surface area contributed by atoms with E-state index in [1.54, 1.807) is 31.3 Å². The van der Waals surface area contributed by atoms with Gasteiger partial charge >= 0.3 is 0 Å². The van der Waals surface area contributed by atoms with Crippen LogP contribution in [0, 0.1) is 6.92 Å². The lowest BCUT2D eigenvalue weighted by Gasteiger charge is -2.05. The van der Waals surface area contributed by atoms with Crippen LogP contribution in [0.4, 0.5) is 16.5 Å². The van der Waals surface area contributed by atoms with Crippen LogP contribution in [0.1, 0.15) is 15.9 Å². The van der Waals surface area contributed by atoms with Crippen LogP contribution in [0.15, 0.2) is 52.9 Å². The summed E-state index contributed by atoms with van der Waals surface area (Å²) < 4.78 is 0.709. The predicted octanol–water partition coefficient (Wildman–Crippen LogP) is 3.68. The maximum Gasteiger partial charge on any atom is 0.251 e. The van der Waals surface area contributed by atoms with Crippen LogP contribution in [0.2, 0.25) is 0 Å². The number of benzene rings is 2. The van der Waals surface area contributed by atoms with Crippen molar-refractivity contribution in [3.63, 3.8) is 0 Å². The van der Waals surface area contributed by atoms with Crippen LogP contribution in [0.5, 0.6) is 0 Å². The molecular formula is C19H19N5O2S2. The van der Waals surface area contributed by atoms with E-state index < -0.39 is 0 Å². The van der Waals surface area contributed by atoms with Crippen LogP contribution in [0.25, 0.3) is 0 Å². The number of carbonyl (C=O) groups is 2. The van der Waals surface area contributed by atoms with Gasteiger partial charge in [-0.1, -0.05) is 35.2 Å². The smallest absolute Gasteiger partial charge is 0.251 e. The number of rotatable bonds is 7. The van der Waals surface area contributed by atoms with Gasteiger partial charge < -0.3 is 16.0 Å². The van der Waals surface area contributed by atoms with E-state index in [9.17, 15) is 9.59 Å². The van der Waals surface area contributed by atoms with Crippen molar-refractivity contribution in [3.05, 3.63) is 59.7 Å². The van der Waals surface area contributed by atoms with E-state index in [-0.39, 0.29) is 17.6 Å². The van der Waals surface area contributed by atoms with E-state index in [0.29, 0.717) is 20.7 Å². The summed E-state index contributed by atoms with van der Waals surface area (Å²) >= 11 is 2.72. The lowest BCUT2D eigenvalue weighted by Crippen LogP contribution is -2.18. The summed E-state index contributed by atoms with van der Waals surface area (Å²) in [5, 5.41) is 17.4. The normalized spacial score (nSPS) is 10.4. The Morgan fingerprint density at radius 1 is 1.07 bits per heavy atom. The van der Waals surface area contributed by atoms with E-state index >= 15 is 0 Å². The van der Waals surface area contributed by atoms with Gasteiger partial charge in [-0.05, 0) is 48.9 Å². The molecule has 0 aliphatic rings. The fourth-order valence-electron chi connectivity index (χ4n) is 2.34. The number of anilines is 3. The van der Waals surface area contributed by atoms with Gasteiger partial charge in [0.2, 0.25) is 11.0 Å². The van der Waals surface area contributed by atoms with Gasteiger partial charge in [0, 0.05) is 24.0 Å². The number of hydrogen-bond acceptors (Lipinski definition) is 7. The third kappa shape index (κ3) is 5.54. The molecule has 1 aromatic heterocycles. The van der Waals surface area contributed by atoms with Crippen molar-refractivity contribution < 1.29 is 9.59 Å². The Morgan fingerprint density at radius 2 is 1.86 bits per heavy atom. The zero-order valence-electron chi connectivity index (χ0n) is 15.4. The van der Waals surface area contributed by atoms with Crippen LogP contribution in [-0.2, 0) is 4.79 Å². The third-order valence-corrected chi connectivity index (χ3v) is 5.63. The molecule has 3 N–H and O–H groups in total. The Labute approximate surface area is 171 Å². The molecule has 1 heterocycles. The van der Waals surface area contributed by atoms with Crippen LogP contribution < -0.4 is 16.0 Å². The molecule has 2 amide bonds. The van der Waals surface area contributed by atoms with Crippen molar-refractivity contribution in [2.75, 3.05) is 23.4 Å². The van der Waals surface area contributed by atoms with Crippen molar-refractivity contribution in [3.8, 4) is 0 Å². The van der Waals surface area contributed by atoms with Crippen LogP contribution >= 0.6 is 23.1 Å². The minimum Gasteiger partial charge on any atom is -0.355 e. The minimum absolute atomic E-state index is 0.152. The maximum absolute atomic E-state index is 12.1. The van der Waals surface area contributed by atoms with Gasteiger partial charge in [-0.15, -0.1) is 10.2 Å². The molecule has 0 bridgehead atoms. The van der Waals surface area contributed by atoms with E-state index in [2.05, 4.69) is 26.1 Å². The second kappa shape index (κ2) is 9.34. The molecule has 0 unspecified atom stereocenters. The van der Waals surface area contributed by atoms with Crippen molar-refractivity contribution >= 4 is 51.4 Å². The molecule has 28 heavy (non-hydrogen) atoms. The van der Waals surface area contributed by atoms with E-state index in [0.717, 1.165) is 11.3 Å². The Bertz CT molecular complexity index is 972. The largest absolute Gasteiger partial charge is 0.355 e. The number of aromatic nitrogens is 2. The Morgan fingerprint density at radius 3 is 2.57 bits per heavy atom. The highest BCUT2D eigenvalue weighted by atomic mass is 32.2. The molecule has 2 aromatic carbocycles. The van der Waals surface area contributed by atoms with Gasteiger partial charge in [-0.2, -0.15) is 0 Å². The summed E-state index contributed by atoms with van der Waals surface area (Å²) in [6.07, 6.45) is 0. The quantitative estimate of drug-likeness (QED) is 0.512. The molecule has 0 aliphatic heterocycles. The molecule has 3 rings (SSSR count). The average Bonchev–Trinajstić information content (AvgIpc) is 3.14. The summed E-state index contributed by atoms with van der Waals surface area (Å²) in [7, 11) is 1.57. The first-order valence-electron chi connectivity index (χ1n) is 8.45. The number of aryl methyl sites for hydroxylation is 1. The van der Waals surface area contributed by atoms with E-state index in [1.165, 1.54) is 23.1 Å². The third-order valence-electron chi connectivity index (χ3n) is 3.66. The van der Waals surface area contributed by atoms with Gasteiger partial charge in [-0.3, -0.25) is 9.59 Å². The highest BCUT2D eigenvalue weighted by Crippen LogP contribution is 2.28. The predicted molar refractivity (Wildman–Crippen MR) is 114 cm³/mol. The molecule has 0 saturated heterocycles. The standard InChI is InChI=1S/C19H19N5O2S2/c1-12-4-3-5-15(10-12)22-18-23-24-19(28-18)27-11-16(25)21-14-8-6-13(7-9-14)17(26)20-2/h3-10H,11H2,1-2H3,(H,20,26)(H,21,25)(H,22,23). The molecule has 0 spiro atoms. The number of carbonyl (C=O) groups excluding carboxylic acids is 2. The zero-order chi connectivity index (χ0) is 19.9. The molecule has 0 fully saturated rings. The molecule has 0 aliphatic carbocycles. The van der Waals surface area contributed by atoms with Crippen molar-refractivity contribution in [2.45, 2.75) is 11.3 Å². The Kier molecular flexibility index (Phi) is 6.62. The minimum atomic E-state index is -0.167. The highest BCUT2D eigenvalue weighted by molar-refractivity contribution is 8.01. The maximum atomic E-state index is 12.1. The van der Waals surface area contributed by atoms with Crippen molar-refractivity contribution in [2.24, 2.45) is 0 Å². The summed E-state index contributed by atoms with van der Waals surface area (Å²) in [5.41, 5.74) is 3.28. The number of nitrogens with zero attached hydrogens (tertiary/aromatic N) is 2. The van der Waals surface area contributed by atoms with Gasteiger partial charge in [0.05, 0.1) is 5.75 Å². The zero-order valence-corrected chi connectivity index (χ0v) is 17.0. The first-order valence-corrected chi connectivity index (χ1v) is 10.3. The van der Waals surface area contributed by atoms with Crippen LogP contribution in [-0.4, -0.2) is 34.8 Å². The van der Waals surface area contributed by atoms with Gasteiger partial charge in [0.15, 0.2) is 4.34 Å². The lowest BCUT2D eigenvalue weighted by molar-refractivity contribution is -0.113. The fraction of sp³-hybridized carbons (Fsp3) is 0.158. The summed E-state index contributed by atoms with van der Waals surface area (Å²) in [6, 6.07) is 14.7. The molecule has 3 aromatic rings. The van der Waals surface area contributed by atoms with Gasteiger partial charge in [0.25, 0.3) is 5.91 Å². The van der Waals surface area contributed by atoms with Crippen molar-refractivity contribution in [1.82, 2.24) is 15.5 Å². The molecule has 0 atom stereocenters. The molecule has 0 radical (unpaired) electrons. The van der Waals surface area contributed by atoms with Gasteiger partial charge in [0.1, 0.15) is 0 Å². The summed E-state index contributed by atoms with van der Waals surface area (Å²) in [4.78, 5) is 23.6. The van der Waals surface area contributed by atoms with E-state index in [1.807, 2.05) is 31.2 Å². The molecule has 9 heteroatoms. The fourth-order valence-corrected chi connectivity index (χ4v) is 3.91. The SMILES string of the molecule is CNC(=O)c1ccc(NC(=O)CSc2nnc(Nc3cccc(C)c3)s2)cc1. The molecule has 0 saturated carbocycles. The Hall–Kier alpha value is -2.91. The second-order valence-corrected chi connectivity index (χ2v) is 8.06. The summed E-state index contributed by atoms with van der Waals surface area (Å²) in [6.45, 7) is 2.03. The first-order chi connectivity index (χ1) is 13.5. The second-order valence-electron chi connectivity index (χ2n) is 5.86. The molecule has 7 nitrogen and oxygen atoms in total. The number of amides is 2. The first kappa shape index (κ1) is 19.8. The van der Waals surface area contributed by atoms with E-state index in [4.69, 9.17) is 0 Å². The molecule has 144 valence electrons. The Balaban J connectivity index is 1.49. The topological polar surface area (TPSA) is 96.0 Å². The summed E-state index contributed by atoms with van der Waals surface area (Å²) in [5.74, 6) is -0.100. The number of hydrogen-bond donors (Lipinski definition) is 3. The monoisotopic (exact) mass is 413 g/mol. The molecular weight excluding hydrogens is 394 g/mol. The number of thioether (sulfide) groups is 1. The number of nitrogens with one attached hydrogen (secondary N) is 3. The lowest BCUT2D eigenvalue weighted by atomic mass is 10.2. The highest BCUT2D eigenvalue weighted by Gasteiger charge is 2.09. The van der Waals surface area contributed by atoms with Crippen molar-refractivity contribution in [1.29, 1.82) is 0 Å². The average molecular weight is 414 g/mol. The van der Waals surface area contributed by atoms with Gasteiger partial charge in [-0.25, -0.2) is 0 Å². The van der Waals surface area contributed by atoms with Crippen LogP contribution in [0.3, 0.4) is 0 Å².